The van der Waals surface area contributed by atoms with Crippen molar-refractivity contribution in [3.8, 4) is 0 Å². The number of nitrogens with zero attached hydrogens (tertiary/aromatic N) is 2. The van der Waals surface area contributed by atoms with E-state index in [2.05, 4.69) is 58.6 Å². The molecule has 6 rings (SSSR count). The van der Waals surface area contributed by atoms with Gasteiger partial charge in [0.15, 0.2) is 0 Å². The van der Waals surface area contributed by atoms with Crippen LogP contribution in [0.4, 0.5) is 13.2 Å². The number of Topliss-reactive ketones (excluding diaryl/α,β-unsaturated/α-hetero) is 2. The fraction of sp³-hybridized carbons (Fsp3) is 0.553. The third-order valence-corrected chi connectivity index (χ3v) is 13.1. The minimum atomic E-state index is -4.64. The molecule has 3 heterocycles. The highest BCUT2D eigenvalue weighted by Gasteiger charge is 2.35. The fourth-order valence-corrected chi connectivity index (χ4v) is 9.67. The molecule has 2 aliphatic rings. The van der Waals surface area contributed by atoms with Crippen LogP contribution in [-0.4, -0.2) is 73.0 Å². The standard InChI is InChI=1S/C22H29NO2S.C21H28N2O2S.C2HF3O.C2H6/c1-16(21(25-2)18-10-6-7-11-18)20(24)15-19(22-23-12-13-26-22)14-17-8-4-3-5-9-17;1-15(20(25-2)18-9-6-10-22-18)19(24)14-17(21-23-11-12-26-21)13-16-7-4-3-5-8-16;3-2(4,5)1-6;1-2/h3-5,8-9,12-13,16,18-19,21H,6-7,10-11,14-15H2,1-2H3;3-5,7-8,11-12,15,17-18,20,22H,6,9-10,13-14H2,1-2H3;1H;1-2H3/t16-,19+,21+;15-,17+,18-,20+;;/m00../s1/i;;;1D. The van der Waals surface area contributed by atoms with Gasteiger partial charge in [-0.1, -0.05) is 101 Å². The summed E-state index contributed by atoms with van der Waals surface area (Å²) < 4.78 is 48.9. The van der Waals surface area contributed by atoms with Gasteiger partial charge in [0.25, 0.3) is 0 Å². The number of aromatic nitrogens is 2. The van der Waals surface area contributed by atoms with Crippen LogP contribution >= 0.6 is 22.7 Å². The van der Waals surface area contributed by atoms with Gasteiger partial charge in [-0.15, -0.1) is 22.7 Å². The molecule has 1 aliphatic carbocycles. The van der Waals surface area contributed by atoms with Crippen LogP contribution in [-0.2, 0) is 36.7 Å². The van der Waals surface area contributed by atoms with E-state index in [1.165, 1.54) is 36.8 Å². The van der Waals surface area contributed by atoms with Gasteiger partial charge in [0.2, 0.25) is 6.29 Å². The number of methoxy groups -OCH3 is 2. The highest BCUT2D eigenvalue weighted by Crippen LogP contribution is 2.35. The summed E-state index contributed by atoms with van der Waals surface area (Å²) >= 11 is 3.29. The van der Waals surface area contributed by atoms with E-state index in [1.807, 2.05) is 54.3 Å². The molecule has 8 nitrogen and oxygen atoms in total. The van der Waals surface area contributed by atoms with E-state index in [4.69, 9.17) is 15.6 Å². The van der Waals surface area contributed by atoms with E-state index in [-0.39, 0.29) is 47.7 Å². The Morgan fingerprint density at radius 2 is 1.23 bits per heavy atom. The molecule has 1 N–H and O–H groups in total. The molecule has 0 unspecified atom stereocenters. The molecule has 1 saturated carbocycles. The zero-order chi connectivity index (χ0) is 44.6. The van der Waals surface area contributed by atoms with Gasteiger partial charge in [0, 0.05) is 81.3 Å². The van der Waals surface area contributed by atoms with Crippen molar-refractivity contribution >= 4 is 40.5 Å². The van der Waals surface area contributed by atoms with E-state index < -0.39 is 12.5 Å². The lowest BCUT2D eigenvalue weighted by atomic mass is 9.83. The Kier molecular flexibility index (Phi) is 22.4. The summed E-state index contributed by atoms with van der Waals surface area (Å²) in [5.74, 6) is 1.21. The Morgan fingerprint density at radius 1 is 0.800 bits per heavy atom. The van der Waals surface area contributed by atoms with Crippen LogP contribution in [0.2, 0.25) is 0 Å². The number of carbonyl (C=O) groups excluding carboxylic acids is 3. The molecular formula is C47H64F3N3O5S2. The molecule has 2 aromatic carbocycles. The molecule has 1 aliphatic heterocycles. The molecule has 13 heteroatoms. The molecule has 330 valence electrons. The van der Waals surface area contributed by atoms with Crippen molar-refractivity contribution in [2.45, 2.75) is 128 Å². The van der Waals surface area contributed by atoms with Crippen molar-refractivity contribution in [3.05, 3.63) is 105 Å². The van der Waals surface area contributed by atoms with Crippen LogP contribution in [0, 0.1) is 17.8 Å². The lowest BCUT2D eigenvalue weighted by Crippen LogP contribution is -2.43. The van der Waals surface area contributed by atoms with E-state index in [9.17, 15) is 22.8 Å². The van der Waals surface area contributed by atoms with Crippen LogP contribution in [0.3, 0.4) is 0 Å². The van der Waals surface area contributed by atoms with Gasteiger partial charge >= 0.3 is 6.18 Å². The molecule has 0 amide bonds. The number of alkyl halides is 3. The van der Waals surface area contributed by atoms with E-state index in [0.29, 0.717) is 31.4 Å². The van der Waals surface area contributed by atoms with Crippen molar-refractivity contribution in [2.24, 2.45) is 17.8 Å². The predicted octanol–water partition coefficient (Wildman–Crippen LogP) is 10.9. The second-order valence-corrected chi connectivity index (χ2v) is 17.1. The van der Waals surface area contributed by atoms with Crippen molar-refractivity contribution in [1.82, 2.24) is 15.3 Å². The maximum absolute atomic E-state index is 13.1. The van der Waals surface area contributed by atoms with Gasteiger partial charge in [0.05, 0.1) is 22.2 Å². The summed E-state index contributed by atoms with van der Waals surface area (Å²) in [6.45, 7) is 7.37. The van der Waals surface area contributed by atoms with Crippen LogP contribution in [0.15, 0.2) is 83.8 Å². The molecule has 0 radical (unpaired) electrons. The number of hydrogen-bond acceptors (Lipinski definition) is 10. The average Bonchev–Trinajstić information content (AvgIpc) is 4.12. The summed E-state index contributed by atoms with van der Waals surface area (Å²) in [5.41, 5.74) is 2.50. The first-order valence-electron chi connectivity index (χ1n) is 21.6. The predicted molar refractivity (Wildman–Crippen MR) is 236 cm³/mol. The summed E-state index contributed by atoms with van der Waals surface area (Å²) in [4.78, 5) is 43.9. The van der Waals surface area contributed by atoms with Crippen LogP contribution in [0.25, 0.3) is 0 Å². The number of aldehydes is 1. The second-order valence-electron chi connectivity index (χ2n) is 15.2. The van der Waals surface area contributed by atoms with Gasteiger partial charge < -0.3 is 14.8 Å². The number of halogens is 3. The van der Waals surface area contributed by atoms with Crippen molar-refractivity contribution < 1.29 is 38.4 Å². The molecule has 2 aromatic heterocycles. The highest BCUT2D eigenvalue weighted by atomic mass is 32.1. The zero-order valence-corrected chi connectivity index (χ0v) is 37.3. The monoisotopic (exact) mass is 872 g/mol. The SMILES string of the molecule is CO[C@@H](C1CCCC1)[C@@H](C)C(=O)C[C@@H](Cc1ccccc1)c1nccs1.CO[C@@H]([C@@H]1CCCN1)[C@@H](C)C(=O)C[C@@H](Cc1ccccc1)c1nccs1.O=CC(F)(F)F.[2H]CC. The number of rotatable bonds is 18. The first kappa shape index (κ1) is 49.0. The van der Waals surface area contributed by atoms with Gasteiger partial charge in [-0.05, 0) is 62.1 Å². The molecule has 7 atom stereocenters. The van der Waals surface area contributed by atoms with Crippen molar-refractivity contribution in [3.63, 3.8) is 0 Å². The van der Waals surface area contributed by atoms with E-state index in [0.717, 1.165) is 42.2 Å². The lowest BCUT2D eigenvalue weighted by molar-refractivity contribution is -0.156. The summed E-state index contributed by atoms with van der Waals surface area (Å²) in [6, 6.07) is 21.0. The number of hydrogen-bond donors (Lipinski definition) is 1. The molecule has 4 aromatic rings. The summed E-state index contributed by atoms with van der Waals surface area (Å²) in [5, 5.41) is 9.57. The van der Waals surface area contributed by atoms with Crippen molar-refractivity contribution in [2.75, 3.05) is 20.8 Å². The molecule has 60 heavy (non-hydrogen) atoms. The summed E-state index contributed by atoms with van der Waals surface area (Å²) in [7, 11) is 3.48. The Bertz CT molecular complexity index is 1640. The topological polar surface area (TPSA) is 107 Å². The maximum Gasteiger partial charge on any atom is 0.446 e. The fourth-order valence-electron chi connectivity index (χ4n) is 8.19. The Labute approximate surface area is 364 Å². The minimum absolute atomic E-state index is 0.0543. The Balaban J connectivity index is 0.000000272. The van der Waals surface area contributed by atoms with Crippen LogP contribution in [0.5, 0.6) is 0 Å². The number of ether oxygens (including phenoxy) is 2. The second kappa shape index (κ2) is 27.4. The maximum atomic E-state index is 13.1. The molecule has 0 spiro atoms. The van der Waals surface area contributed by atoms with Crippen LogP contribution in [0.1, 0.15) is 113 Å². The molecule has 2 fully saturated rings. The number of thiazole rings is 2. The Hall–Kier alpha value is -3.62. The number of nitrogens with one attached hydrogen (secondary N) is 1. The lowest BCUT2D eigenvalue weighted by Gasteiger charge is -2.28. The van der Waals surface area contributed by atoms with Crippen LogP contribution < -0.4 is 5.32 Å². The number of benzene rings is 2. The number of carbonyl (C=O) groups is 3. The van der Waals surface area contributed by atoms with Crippen molar-refractivity contribution in [1.29, 1.82) is 0 Å². The first-order valence-corrected chi connectivity index (χ1v) is 22.6. The third kappa shape index (κ3) is 17.0. The molecule has 0 bridgehead atoms. The first-order chi connectivity index (χ1) is 29.3. The third-order valence-electron chi connectivity index (χ3n) is 11.2. The van der Waals surface area contributed by atoms with Gasteiger partial charge in [-0.25, -0.2) is 9.97 Å². The minimum Gasteiger partial charge on any atom is -0.380 e. The molecular weight excluding hydrogens is 808 g/mol. The van der Waals surface area contributed by atoms with E-state index >= 15 is 0 Å². The molecule has 1 saturated heterocycles. The van der Waals surface area contributed by atoms with Gasteiger partial charge in [0.1, 0.15) is 11.6 Å². The summed E-state index contributed by atoms with van der Waals surface area (Å²) in [6.07, 6.45) is 7.84. The highest BCUT2D eigenvalue weighted by molar-refractivity contribution is 7.09. The largest absolute Gasteiger partial charge is 0.446 e. The zero-order valence-electron chi connectivity index (χ0n) is 36.7. The van der Waals surface area contributed by atoms with E-state index in [1.54, 1.807) is 43.8 Å². The van der Waals surface area contributed by atoms with Gasteiger partial charge in [-0.2, -0.15) is 13.2 Å². The number of ketones is 2. The smallest absolute Gasteiger partial charge is 0.380 e. The quantitative estimate of drug-likeness (QED) is 0.0985. The van der Waals surface area contributed by atoms with Gasteiger partial charge in [-0.3, -0.25) is 14.4 Å². The Morgan fingerprint density at radius 3 is 1.58 bits per heavy atom. The average molecular weight is 873 g/mol. The normalized spacial score (nSPS) is 18.4.